The number of rotatable bonds is 4. The van der Waals surface area contributed by atoms with Crippen molar-refractivity contribution in [1.82, 2.24) is 19.8 Å². The van der Waals surface area contributed by atoms with Gasteiger partial charge in [0, 0.05) is 31.6 Å². The van der Waals surface area contributed by atoms with Crippen LogP contribution in [0.5, 0.6) is 0 Å². The zero-order valence-electron chi connectivity index (χ0n) is 17.4. The van der Waals surface area contributed by atoms with Crippen LogP contribution in [-0.2, 0) is 15.8 Å². The standard InChI is InChI=1S/C20H19ClF3N7O2/c1-11(32)25-15-3-2-13(10-14(15)21)26-18(33)12-6-8-30(9-7-12)17-5-4-16-27-28-19(20(22,23)24)31(16)29-17/h2-5,10,12H,6-9H2,1H3,(H,25,32)(H,26,33). The van der Waals surface area contributed by atoms with Gasteiger partial charge in [0.05, 0.1) is 10.7 Å². The van der Waals surface area contributed by atoms with Crippen LogP contribution in [0.1, 0.15) is 25.6 Å². The summed E-state index contributed by atoms with van der Waals surface area (Å²) in [5.74, 6) is -1.55. The molecule has 13 heteroatoms. The second-order valence-corrected chi connectivity index (χ2v) is 8.02. The summed E-state index contributed by atoms with van der Waals surface area (Å²) in [6.07, 6.45) is -3.67. The highest BCUT2D eigenvalue weighted by molar-refractivity contribution is 6.34. The lowest BCUT2D eigenvalue weighted by atomic mass is 9.96. The van der Waals surface area contributed by atoms with Gasteiger partial charge in [0.25, 0.3) is 5.82 Å². The zero-order valence-corrected chi connectivity index (χ0v) is 18.1. The maximum absolute atomic E-state index is 13.1. The number of nitrogens with one attached hydrogen (secondary N) is 2. The van der Waals surface area contributed by atoms with Crippen LogP contribution in [0.3, 0.4) is 0 Å². The van der Waals surface area contributed by atoms with Crippen LogP contribution < -0.4 is 15.5 Å². The molecular weight excluding hydrogens is 463 g/mol. The van der Waals surface area contributed by atoms with E-state index in [4.69, 9.17) is 11.6 Å². The minimum atomic E-state index is -4.67. The Bertz CT molecular complexity index is 1210. The third-order valence-corrected chi connectivity index (χ3v) is 5.55. The predicted octanol–water partition coefficient (Wildman–Crippen LogP) is 3.61. The molecule has 1 aliphatic rings. The molecule has 0 spiro atoms. The molecule has 3 aromatic rings. The van der Waals surface area contributed by atoms with Crippen molar-refractivity contribution in [1.29, 1.82) is 0 Å². The Morgan fingerprint density at radius 1 is 1.09 bits per heavy atom. The van der Waals surface area contributed by atoms with Crippen molar-refractivity contribution in [3.63, 3.8) is 0 Å². The summed E-state index contributed by atoms with van der Waals surface area (Å²) in [7, 11) is 0. The molecule has 0 bridgehead atoms. The molecule has 2 N–H and O–H groups in total. The summed E-state index contributed by atoms with van der Waals surface area (Å²) in [6, 6.07) is 7.81. The van der Waals surface area contributed by atoms with Crippen LogP contribution in [0.2, 0.25) is 5.02 Å². The van der Waals surface area contributed by atoms with Crippen molar-refractivity contribution in [2.24, 2.45) is 5.92 Å². The average molecular weight is 482 g/mol. The number of fused-ring (bicyclic) bond motifs is 1. The van der Waals surface area contributed by atoms with Crippen molar-refractivity contribution in [2.45, 2.75) is 25.9 Å². The van der Waals surface area contributed by atoms with Crippen LogP contribution in [0, 0.1) is 5.92 Å². The maximum Gasteiger partial charge on any atom is 0.453 e. The lowest BCUT2D eigenvalue weighted by molar-refractivity contribution is -0.146. The van der Waals surface area contributed by atoms with E-state index < -0.39 is 12.0 Å². The Kier molecular flexibility index (Phi) is 6.11. The van der Waals surface area contributed by atoms with Gasteiger partial charge in [0.1, 0.15) is 5.82 Å². The Morgan fingerprint density at radius 2 is 1.82 bits per heavy atom. The summed E-state index contributed by atoms with van der Waals surface area (Å²) in [5, 5.41) is 16.4. The number of nitrogens with zero attached hydrogens (tertiary/aromatic N) is 5. The molecule has 2 aromatic heterocycles. The fourth-order valence-corrected chi connectivity index (χ4v) is 3.85. The van der Waals surface area contributed by atoms with Crippen molar-refractivity contribution in [3.8, 4) is 0 Å². The summed E-state index contributed by atoms with van der Waals surface area (Å²) < 4.78 is 40.0. The van der Waals surface area contributed by atoms with Gasteiger partial charge < -0.3 is 15.5 Å². The lowest BCUT2D eigenvalue weighted by Crippen LogP contribution is -2.38. The highest BCUT2D eigenvalue weighted by Gasteiger charge is 2.38. The monoisotopic (exact) mass is 481 g/mol. The first-order valence-corrected chi connectivity index (χ1v) is 10.4. The van der Waals surface area contributed by atoms with E-state index in [-0.39, 0.29) is 23.4 Å². The molecule has 2 amide bonds. The lowest BCUT2D eigenvalue weighted by Gasteiger charge is -2.32. The molecule has 3 heterocycles. The molecule has 0 aliphatic carbocycles. The molecule has 1 saturated heterocycles. The van der Waals surface area contributed by atoms with E-state index in [1.807, 2.05) is 4.90 Å². The third-order valence-electron chi connectivity index (χ3n) is 5.24. The van der Waals surface area contributed by atoms with Crippen LogP contribution in [0.25, 0.3) is 5.65 Å². The summed E-state index contributed by atoms with van der Waals surface area (Å²) in [6.45, 7) is 2.26. The number of benzene rings is 1. The molecule has 1 aliphatic heterocycles. The molecule has 1 fully saturated rings. The van der Waals surface area contributed by atoms with Gasteiger partial charge in [-0.05, 0) is 43.2 Å². The quantitative estimate of drug-likeness (QED) is 0.590. The number of hydrogen-bond donors (Lipinski definition) is 2. The Balaban J connectivity index is 1.39. The van der Waals surface area contributed by atoms with Crippen molar-refractivity contribution in [3.05, 3.63) is 41.2 Å². The SMILES string of the molecule is CC(=O)Nc1ccc(NC(=O)C2CCN(c3ccc4nnc(C(F)(F)F)n4n3)CC2)cc1Cl. The molecule has 0 radical (unpaired) electrons. The first-order valence-electron chi connectivity index (χ1n) is 10.0. The second-order valence-electron chi connectivity index (χ2n) is 7.61. The summed E-state index contributed by atoms with van der Waals surface area (Å²) in [4.78, 5) is 25.7. The zero-order chi connectivity index (χ0) is 23.8. The van der Waals surface area contributed by atoms with E-state index in [1.54, 1.807) is 24.3 Å². The van der Waals surface area contributed by atoms with E-state index >= 15 is 0 Å². The normalized spacial score (nSPS) is 15.0. The van der Waals surface area contributed by atoms with Crippen LogP contribution in [-0.4, -0.2) is 44.7 Å². The molecule has 33 heavy (non-hydrogen) atoms. The van der Waals surface area contributed by atoms with E-state index in [9.17, 15) is 22.8 Å². The number of aromatic nitrogens is 4. The van der Waals surface area contributed by atoms with Gasteiger partial charge in [-0.1, -0.05) is 11.6 Å². The number of halogens is 4. The minimum Gasteiger partial charge on any atom is -0.355 e. The molecule has 0 atom stereocenters. The fourth-order valence-electron chi connectivity index (χ4n) is 3.62. The third kappa shape index (κ3) is 5.00. The number of amides is 2. The van der Waals surface area contributed by atoms with Gasteiger partial charge in [0.15, 0.2) is 5.65 Å². The minimum absolute atomic E-state index is 0.00326. The fraction of sp³-hybridized carbons (Fsp3) is 0.350. The molecule has 9 nitrogen and oxygen atoms in total. The van der Waals surface area contributed by atoms with Crippen LogP contribution in [0.15, 0.2) is 30.3 Å². The molecule has 0 unspecified atom stereocenters. The van der Waals surface area contributed by atoms with E-state index in [2.05, 4.69) is 25.9 Å². The Morgan fingerprint density at radius 3 is 2.45 bits per heavy atom. The van der Waals surface area contributed by atoms with Crippen LogP contribution >= 0.6 is 11.6 Å². The Hall–Kier alpha value is -3.41. The number of hydrogen-bond acceptors (Lipinski definition) is 6. The van der Waals surface area contributed by atoms with Crippen molar-refractivity contribution >= 4 is 46.3 Å². The van der Waals surface area contributed by atoms with Gasteiger partial charge in [-0.25, -0.2) is 0 Å². The number of carbonyl (C=O) groups is 2. The molecular formula is C20H19ClF3N7O2. The van der Waals surface area contributed by atoms with E-state index in [0.29, 0.717) is 52.7 Å². The number of piperidine rings is 1. The van der Waals surface area contributed by atoms with Crippen LogP contribution in [0.4, 0.5) is 30.4 Å². The van der Waals surface area contributed by atoms with Gasteiger partial charge in [-0.2, -0.15) is 17.7 Å². The largest absolute Gasteiger partial charge is 0.453 e. The average Bonchev–Trinajstić information content (AvgIpc) is 3.19. The molecule has 1 aromatic carbocycles. The Labute approximate surface area is 190 Å². The molecule has 4 rings (SSSR count). The number of carbonyl (C=O) groups excluding carboxylic acids is 2. The smallest absolute Gasteiger partial charge is 0.355 e. The first-order chi connectivity index (χ1) is 15.6. The van der Waals surface area contributed by atoms with E-state index in [0.717, 1.165) is 0 Å². The van der Waals surface area contributed by atoms with Gasteiger partial charge in [-0.3, -0.25) is 9.59 Å². The first kappa shape index (κ1) is 22.8. The summed E-state index contributed by atoms with van der Waals surface area (Å²) >= 11 is 6.14. The number of anilines is 3. The highest BCUT2D eigenvalue weighted by atomic mass is 35.5. The molecule has 0 saturated carbocycles. The second kappa shape index (κ2) is 8.85. The van der Waals surface area contributed by atoms with Crippen molar-refractivity contribution < 1.29 is 22.8 Å². The summed E-state index contributed by atoms with van der Waals surface area (Å²) in [5.41, 5.74) is 0.950. The van der Waals surface area contributed by atoms with Gasteiger partial charge in [-0.15, -0.1) is 15.3 Å². The van der Waals surface area contributed by atoms with Gasteiger partial charge >= 0.3 is 6.18 Å². The van der Waals surface area contributed by atoms with Gasteiger partial charge in [0.2, 0.25) is 11.8 Å². The maximum atomic E-state index is 13.1. The molecule has 174 valence electrons. The van der Waals surface area contributed by atoms with Crippen molar-refractivity contribution in [2.75, 3.05) is 28.6 Å². The topological polar surface area (TPSA) is 105 Å². The predicted molar refractivity (Wildman–Crippen MR) is 115 cm³/mol. The van der Waals surface area contributed by atoms with E-state index in [1.165, 1.54) is 13.0 Å². The number of alkyl halides is 3. The highest BCUT2D eigenvalue weighted by Crippen LogP contribution is 2.29.